The van der Waals surface area contributed by atoms with E-state index in [1.165, 1.54) is 0 Å². The summed E-state index contributed by atoms with van der Waals surface area (Å²) >= 11 is 0. The first-order valence-electron chi connectivity index (χ1n) is 9.69. The Labute approximate surface area is 171 Å². The highest BCUT2D eigenvalue weighted by molar-refractivity contribution is 5.61. The average Bonchev–Trinajstić information content (AvgIpc) is 3.17. The molecule has 3 aromatic heterocycles. The minimum absolute atomic E-state index is 0.0443. The zero-order valence-corrected chi connectivity index (χ0v) is 16.3. The topological polar surface area (TPSA) is 88.8 Å². The van der Waals surface area contributed by atoms with Crippen molar-refractivity contribution in [2.24, 2.45) is 0 Å². The van der Waals surface area contributed by atoms with Gasteiger partial charge in [0.25, 0.3) is 0 Å². The first kappa shape index (κ1) is 20.3. The SMILES string of the molecule is Cc1cc(Nc2cc(C(F)(F)F)ccn2)nc(-c2cn(C3CCCCC3O)nn2)c1. The summed E-state index contributed by atoms with van der Waals surface area (Å²) in [5, 5.41) is 21.4. The molecule has 1 saturated carbocycles. The van der Waals surface area contributed by atoms with Crippen LogP contribution in [0.25, 0.3) is 11.4 Å². The second-order valence-electron chi connectivity index (χ2n) is 7.47. The molecular weight excluding hydrogens is 397 g/mol. The molecule has 1 fully saturated rings. The van der Waals surface area contributed by atoms with E-state index in [1.54, 1.807) is 16.9 Å². The summed E-state index contributed by atoms with van der Waals surface area (Å²) in [7, 11) is 0. The van der Waals surface area contributed by atoms with Crippen molar-refractivity contribution in [1.82, 2.24) is 25.0 Å². The van der Waals surface area contributed by atoms with Crippen molar-refractivity contribution in [1.29, 1.82) is 0 Å². The molecule has 0 amide bonds. The maximum absolute atomic E-state index is 12.9. The van der Waals surface area contributed by atoms with Crippen molar-refractivity contribution < 1.29 is 18.3 Å². The Morgan fingerprint density at radius 3 is 2.67 bits per heavy atom. The van der Waals surface area contributed by atoms with Gasteiger partial charge in [-0.05, 0) is 49.6 Å². The van der Waals surface area contributed by atoms with E-state index in [-0.39, 0.29) is 11.9 Å². The Balaban J connectivity index is 1.59. The number of aliphatic hydroxyl groups excluding tert-OH is 1. The van der Waals surface area contributed by atoms with E-state index in [1.807, 2.05) is 13.0 Å². The van der Waals surface area contributed by atoms with Crippen LogP contribution in [0.1, 0.15) is 42.9 Å². The van der Waals surface area contributed by atoms with Crippen LogP contribution in [0.3, 0.4) is 0 Å². The van der Waals surface area contributed by atoms with Crippen LogP contribution in [-0.4, -0.2) is 36.2 Å². The predicted molar refractivity (Wildman–Crippen MR) is 104 cm³/mol. The number of pyridine rings is 2. The molecule has 0 saturated heterocycles. The maximum Gasteiger partial charge on any atom is 0.416 e. The van der Waals surface area contributed by atoms with E-state index >= 15 is 0 Å². The van der Waals surface area contributed by atoms with Crippen molar-refractivity contribution in [2.75, 3.05) is 5.32 Å². The number of aliphatic hydroxyl groups is 1. The van der Waals surface area contributed by atoms with Crippen molar-refractivity contribution in [2.45, 2.75) is 50.9 Å². The van der Waals surface area contributed by atoms with Gasteiger partial charge in [0.15, 0.2) is 0 Å². The van der Waals surface area contributed by atoms with Crippen LogP contribution < -0.4 is 5.32 Å². The molecule has 0 spiro atoms. The summed E-state index contributed by atoms with van der Waals surface area (Å²) in [6.07, 6.45) is 1.53. The third kappa shape index (κ3) is 4.43. The molecule has 10 heteroatoms. The number of nitrogens with zero attached hydrogens (tertiary/aromatic N) is 5. The predicted octanol–water partition coefficient (Wildman–Crippen LogP) is 4.28. The number of hydrogen-bond acceptors (Lipinski definition) is 6. The Morgan fingerprint density at radius 2 is 1.90 bits per heavy atom. The fourth-order valence-electron chi connectivity index (χ4n) is 3.63. The van der Waals surface area contributed by atoms with Gasteiger partial charge in [-0.1, -0.05) is 18.1 Å². The zero-order valence-electron chi connectivity index (χ0n) is 16.3. The summed E-state index contributed by atoms with van der Waals surface area (Å²) in [6, 6.07) is 5.26. The number of nitrogens with one attached hydrogen (secondary N) is 1. The quantitative estimate of drug-likeness (QED) is 0.657. The van der Waals surface area contributed by atoms with Gasteiger partial charge in [-0.3, -0.25) is 0 Å². The Hall–Kier alpha value is -3.01. The molecule has 1 aliphatic carbocycles. The van der Waals surface area contributed by atoms with Crippen LogP contribution in [0.15, 0.2) is 36.7 Å². The standard InChI is InChI=1S/C20H21F3N6O/c1-12-8-14(15-11-29(28-27-15)16-4-2-3-5-17(16)30)25-19(9-12)26-18-10-13(6-7-24-18)20(21,22)23/h6-11,16-17,30H,2-5H2,1H3,(H,24,25,26). The molecule has 1 aliphatic rings. The van der Waals surface area contributed by atoms with E-state index in [9.17, 15) is 18.3 Å². The number of hydrogen-bond donors (Lipinski definition) is 2. The van der Waals surface area contributed by atoms with Gasteiger partial charge in [-0.25, -0.2) is 14.6 Å². The van der Waals surface area contributed by atoms with Crippen LogP contribution in [0, 0.1) is 6.92 Å². The lowest BCUT2D eigenvalue weighted by molar-refractivity contribution is -0.137. The van der Waals surface area contributed by atoms with Crippen LogP contribution in [0.4, 0.5) is 24.8 Å². The lowest BCUT2D eigenvalue weighted by atomic mass is 9.93. The second kappa shape index (κ2) is 8.02. The van der Waals surface area contributed by atoms with E-state index in [4.69, 9.17) is 0 Å². The molecular formula is C20H21F3N6O. The van der Waals surface area contributed by atoms with Gasteiger partial charge in [-0.2, -0.15) is 13.2 Å². The second-order valence-corrected chi connectivity index (χ2v) is 7.47. The van der Waals surface area contributed by atoms with Crippen LogP contribution in [0.2, 0.25) is 0 Å². The molecule has 4 rings (SSSR count). The number of alkyl halides is 3. The molecule has 30 heavy (non-hydrogen) atoms. The average molecular weight is 418 g/mol. The Morgan fingerprint density at radius 1 is 1.10 bits per heavy atom. The lowest BCUT2D eigenvalue weighted by Crippen LogP contribution is -2.27. The number of halogens is 3. The molecule has 3 heterocycles. The summed E-state index contributed by atoms with van der Waals surface area (Å²) in [4.78, 5) is 8.40. The minimum Gasteiger partial charge on any atom is -0.391 e. The van der Waals surface area contributed by atoms with E-state index in [0.717, 1.165) is 49.6 Å². The van der Waals surface area contributed by atoms with Crippen molar-refractivity contribution in [3.05, 3.63) is 47.8 Å². The summed E-state index contributed by atoms with van der Waals surface area (Å²) in [5.74, 6) is 0.395. The number of aromatic nitrogens is 5. The summed E-state index contributed by atoms with van der Waals surface area (Å²) < 4.78 is 40.5. The third-order valence-corrected chi connectivity index (χ3v) is 5.12. The van der Waals surface area contributed by atoms with Crippen molar-refractivity contribution >= 4 is 11.6 Å². The van der Waals surface area contributed by atoms with Crippen molar-refractivity contribution in [3.8, 4) is 11.4 Å². The highest BCUT2D eigenvalue weighted by Gasteiger charge is 2.31. The fraction of sp³-hybridized carbons (Fsp3) is 0.400. The zero-order chi connectivity index (χ0) is 21.3. The monoisotopic (exact) mass is 418 g/mol. The van der Waals surface area contributed by atoms with Gasteiger partial charge in [0.2, 0.25) is 0 Å². The Bertz CT molecular complexity index is 1040. The van der Waals surface area contributed by atoms with Crippen LogP contribution >= 0.6 is 0 Å². The normalized spacial score (nSPS) is 19.6. The van der Waals surface area contributed by atoms with Gasteiger partial charge in [-0.15, -0.1) is 5.10 Å². The maximum atomic E-state index is 12.9. The van der Waals surface area contributed by atoms with Gasteiger partial charge >= 0.3 is 6.18 Å². The summed E-state index contributed by atoms with van der Waals surface area (Å²) in [6.45, 7) is 1.85. The third-order valence-electron chi connectivity index (χ3n) is 5.12. The smallest absolute Gasteiger partial charge is 0.391 e. The first-order chi connectivity index (χ1) is 14.3. The highest BCUT2D eigenvalue weighted by atomic mass is 19.4. The molecule has 158 valence electrons. The van der Waals surface area contributed by atoms with Gasteiger partial charge in [0.05, 0.1) is 29.6 Å². The van der Waals surface area contributed by atoms with E-state index < -0.39 is 17.8 Å². The number of aryl methyl sites for hydroxylation is 1. The van der Waals surface area contributed by atoms with E-state index in [2.05, 4.69) is 25.6 Å². The Kier molecular flexibility index (Phi) is 5.42. The molecule has 2 atom stereocenters. The lowest BCUT2D eigenvalue weighted by Gasteiger charge is -2.27. The first-order valence-corrected chi connectivity index (χ1v) is 9.69. The number of rotatable bonds is 4. The highest BCUT2D eigenvalue weighted by Crippen LogP contribution is 2.31. The largest absolute Gasteiger partial charge is 0.416 e. The molecule has 0 aliphatic heterocycles. The molecule has 2 unspecified atom stereocenters. The number of anilines is 2. The summed E-state index contributed by atoms with van der Waals surface area (Å²) in [5.41, 5.74) is 1.11. The minimum atomic E-state index is -4.45. The molecule has 7 nitrogen and oxygen atoms in total. The van der Waals surface area contributed by atoms with E-state index in [0.29, 0.717) is 17.2 Å². The van der Waals surface area contributed by atoms with Crippen LogP contribution in [0.5, 0.6) is 0 Å². The fourth-order valence-corrected chi connectivity index (χ4v) is 3.63. The molecule has 0 aromatic carbocycles. The van der Waals surface area contributed by atoms with Gasteiger partial charge in [0.1, 0.15) is 17.3 Å². The molecule has 2 N–H and O–H groups in total. The molecule has 0 bridgehead atoms. The van der Waals surface area contributed by atoms with Gasteiger partial charge < -0.3 is 10.4 Å². The molecule has 0 radical (unpaired) electrons. The van der Waals surface area contributed by atoms with Crippen molar-refractivity contribution in [3.63, 3.8) is 0 Å². The molecule has 3 aromatic rings. The van der Waals surface area contributed by atoms with Gasteiger partial charge in [0, 0.05) is 6.20 Å². The van der Waals surface area contributed by atoms with Crippen LogP contribution in [-0.2, 0) is 6.18 Å².